The molecule has 3 rings (SSSR count). The van der Waals surface area contributed by atoms with Crippen molar-refractivity contribution >= 4 is 17.2 Å². The van der Waals surface area contributed by atoms with Gasteiger partial charge in [-0.15, -0.1) is 0 Å². The van der Waals surface area contributed by atoms with Crippen LogP contribution >= 0.6 is 11.3 Å². The van der Waals surface area contributed by atoms with Crippen LogP contribution in [0.5, 0.6) is 0 Å². The van der Waals surface area contributed by atoms with E-state index in [0.29, 0.717) is 23.7 Å². The summed E-state index contributed by atoms with van der Waals surface area (Å²) >= 11 is 0.995. The van der Waals surface area contributed by atoms with E-state index in [1.165, 1.54) is 11.1 Å². The van der Waals surface area contributed by atoms with E-state index in [0.717, 1.165) is 17.8 Å². The smallest absolute Gasteiger partial charge is 0.305 e. The maximum atomic E-state index is 12.4. The van der Waals surface area contributed by atoms with Gasteiger partial charge in [0.15, 0.2) is 0 Å². The van der Waals surface area contributed by atoms with Crippen molar-refractivity contribution < 1.29 is 4.79 Å². The molecule has 0 radical (unpaired) electrons. The van der Waals surface area contributed by atoms with Crippen LogP contribution < -0.4 is 4.87 Å². The van der Waals surface area contributed by atoms with Gasteiger partial charge >= 0.3 is 4.87 Å². The molecule has 1 amide bonds. The van der Waals surface area contributed by atoms with Gasteiger partial charge in [-0.25, -0.2) is 0 Å². The molecule has 1 aliphatic heterocycles. The van der Waals surface area contributed by atoms with Crippen LogP contribution in [0.2, 0.25) is 0 Å². The molecule has 0 aliphatic carbocycles. The van der Waals surface area contributed by atoms with Crippen LogP contribution in [-0.4, -0.2) is 22.3 Å². The molecule has 0 unspecified atom stereocenters. The summed E-state index contributed by atoms with van der Waals surface area (Å²) in [4.78, 5) is 28.5. The van der Waals surface area contributed by atoms with Crippen molar-refractivity contribution in [3.8, 4) is 0 Å². The Kier molecular flexibility index (Phi) is 2.98. The number of rotatable bonds is 1. The van der Waals surface area contributed by atoms with E-state index in [2.05, 4.69) is 17.1 Å². The second-order valence-electron chi connectivity index (χ2n) is 4.71. The van der Waals surface area contributed by atoms with E-state index in [-0.39, 0.29) is 10.8 Å². The van der Waals surface area contributed by atoms with Crippen molar-refractivity contribution in [2.24, 2.45) is 0 Å². The molecule has 0 saturated heterocycles. The first-order valence-electron chi connectivity index (χ1n) is 6.21. The largest absolute Gasteiger partial charge is 0.333 e. The molecule has 0 bridgehead atoms. The highest BCUT2D eigenvalue weighted by Gasteiger charge is 2.24. The lowest BCUT2D eigenvalue weighted by atomic mass is 10.00. The molecule has 0 spiro atoms. The van der Waals surface area contributed by atoms with E-state index >= 15 is 0 Å². The van der Waals surface area contributed by atoms with Crippen LogP contribution in [0.4, 0.5) is 0 Å². The average molecular weight is 274 g/mol. The summed E-state index contributed by atoms with van der Waals surface area (Å²) < 4.78 is 0. The number of hydrogen-bond acceptors (Lipinski definition) is 3. The van der Waals surface area contributed by atoms with Crippen LogP contribution in [0.1, 0.15) is 26.5 Å². The summed E-state index contributed by atoms with van der Waals surface area (Å²) in [6.07, 6.45) is 0.875. The van der Waals surface area contributed by atoms with Crippen LogP contribution in [-0.2, 0) is 13.0 Å². The Morgan fingerprint density at radius 3 is 2.74 bits per heavy atom. The van der Waals surface area contributed by atoms with E-state index in [1.807, 2.05) is 17.0 Å². The number of thiazole rings is 1. The van der Waals surface area contributed by atoms with Crippen LogP contribution in [0.3, 0.4) is 0 Å². The van der Waals surface area contributed by atoms with Gasteiger partial charge in [-0.3, -0.25) is 9.59 Å². The number of aromatic amines is 1. The zero-order valence-electron chi connectivity index (χ0n) is 10.6. The minimum absolute atomic E-state index is 0.0460. The first-order chi connectivity index (χ1) is 9.15. The van der Waals surface area contributed by atoms with E-state index in [4.69, 9.17) is 0 Å². The molecule has 0 atom stereocenters. The maximum Gasteiger partial charge on any atom is 0.305 e. The molecule has 98 valence electrons. The molecule has 0 fully saturated rings. The molecule has 2 heterocycles. The fourth-order valence-corrected chi connectivity index (χ4v) is 3.23. The number of hydrogen-bond donors (Lipinski definition) is 1. The highest BCUT2D eigenvalue weighted by molar-refractivity contribution is 7.11. The Hall–Kier alpha value is -1.88. The molecule has 1 N–H and O–H groups in total. The molecule has 19 heavy (non-hydrogen) atoms. The molecule has 2 aromatic rings. The van der Waals surface area contributed by atoms with E-state index < -0.39 is 0 Å². The van der Waals surface area contributed by atoms with E-state index in [1.54, 1.807) is 6.92 Å². The Balaban J connectivity index is 1.87. The lowest BCUT2D eigenvalue weighted by Crippen LogP contribution is -2.35. The van der Waals surface area contributed by atoms with Crippen molar-refractivity contribution in [1.82, 2.24) is 9.88 Å². The number of carbonyl (C=O) groups excluding carboxylic acids is 1. The molecule has 0 saturated carbocycles. The number of benzene rings is 1. The average Bonchev–Trinajstić information content (AvgIpc) is 2.76. The summed E-state index contributed by atoms with van der Waals surface area (Å²) in [5.74, 6) is -0.0460. The number of H-pyrrole nitrogens is 1. The molecule has 5 heteroatoms. The quantitative estimate of drug-likeness (QED) is 0.864. The third-order valence-corrected chi connectivity index (χ3v) is 4.41. The predicted molar refractivity (Wildman–Crippen MR) is 74.6 cm³/mol. The highest BCUT2D eigenvalue weighted by Crippen LogP contribution is 2.21. The van der Waals surface area contributed by atoms with Gasteiger partial charge in [-0.05, 0) is 24.5 Å². The summed E-state index contributed by atoms with van der Waals surface area (Å²) in [5.41, 5.74) is 3.17. The predicted octanol–water partition coefficient (Wildman–Crippen LogP) is 1.94. The maximum absolute atomic E-state index is 12.4. The van der Waals surface area contributed by atoms with Gasteiger partial charge in [-0.2, -0.15) is 0 Å². The van der Waals surface area contributed by atoms with Gasteiger partial charge in [0.2, 0.25) is 0 Å². The number of fused-ring (bicyclic) bond motifs is 1. The molecule has 4 nitrogen and oxygen atoms in total. The monoisotopic (exact) mass is 274 g/mol. The second-order valence-corrected chi connectivity index (χ2v) is 5.70. The SMILES string of the molecule is Cc1[nH]c(=O)sc1C(=O)N1CCc2ccccc2C1. The molecular weight excluding hydrogens is 260 g/mol. The number of aryl methyl sites for hydroxylation is 1. The molecule has 1 aromatic carbocycles. The third kappa shape index (κ3) is 2.21. The zero-order chi connectivity index (χ0) is 13.4. The Morgan fingerprint density at radius 1 is 1.32 bits per heavy atom. The standard InChI is InChI=1S/C14H14N2O2S/c1-9-12(19-14(18)15-9)13(17)16-7-6-10-4-2-3-5-11(10)8-16/h2-5H,6-8H2,1H3,(H,15,18). The number of nitrogens with one attached hydrogen (secondary N) is 1. The van der Waals surface area contributed by atoms with Crippen molar-refractivity contribution in [3.05, 3.63) is 55.6 Å². The molecule has 1 aromatic heterocycles. The second kappa shape index (κ2) is 4.66. The highest BCUT2D eigenvalue weighted by atomic mass is 32.1. The van der Waals surface area contributed by atoms with Gasteiger partial charge in [0, 0.05) is 18.8 Å². The van der Waals surface area contributed by atoms with Gasteiger partial charge in [0.25, 0.3) is 5.91 Å². The van der Waals surface area contributed by atoms with Gasteiger partial charge < -0.3 is 9.88 Å². The molecular formula is C14H14N2O2S. The number of nitrogens with zero attached hydrogens (tertiary/aromatic N) is 1. The summed E-state index contributed by atoms with van der Waals surface area (Å²) in [6, 6.07) is 8.18. The van der Waals surface area contributed by atoms with Crippen LogP contribution in [0, 0.1) is 6.92 Å². The van der Waals surface area contributed by atoms with E-state index in [9.17, 15) is 9.59 Å². The normalized spacial score (nSPS) is 14.3. The Labute approximate surface area is 114 Å². The first-order valence-corrected chi connectivity index (χ1v) is 7.02. The van der Waals surface area contributed by atoms with Crippen LogP contribution in [0.25, 0.3) is 0 Å². The van der Waals surface area contributed by atoms with Crippen LogP contribution in [0.15, 0.2) is 29.1 Å². The number of aromatic nitrogens is 1. The Morgan fingerprint density at radius 2 is 2.05 bits per heavy atom. The fourth-order valence-electron chi connectivity index (χ4n) is 2.42. The van der Waals surface area contributed by atoms with Crippen molar-refractivity contribution in [2.75, 3.05) is 6.54 Å². The van der Waals surface area contributed by atoms with Gasteiger partial charge in [0.1, 0.15) is 4.88 Å². The van der Waals surface area contributed by atoms with Crippen molar-refractivity contribution in [2.45, 2.75) is 19.9 Å². The summed E-state index contributed by atoms with van der Waals surface area (Å²) in [6.45, 7) is 3.10. The lowest BCUT2D eigenvalue weighted by molar-refractivity contribution is 0.0738. The topological polar surface area (TPSA) is 53.2 Å². The summed E-state index contributed by atoms with van der Waals surface area (Å²) in [7, 11) is 0. The minimum Gasteiger partial charge on any atom is -0.333 e. The molecule has 1 aliphatic rings. The van der Waals surface area contributed by atoms with Gasteiger partial charge in [-0.1, -0.05) is 35.6 Å². The number of amides is 1. The Bertz CT molecular complexity index is 687. The summed E-state index contributed by atoms with van der Waals surface area (Å²) in [5, 5.41) is 0. The first kappa shape index (κ1) is 12.2. The van der Waals surface area contributed by atoms with Crippen molar-refractivity contribution in [1.29, 1.82) is 0 Å². The van der Waals surface area contributed by atoms with Gasteiger partial charge in [0.05, 0.1) is 0 Å². The fraction of sp³-hybridized carbons (Fsp3) is 0.286. The third-order valence-electron chi connectivity index (χ3n) is 3.44. The lowest BCUT2D eigenvalue weighted by Gasteiger charge is -2.28. The zero-order valence-corrected chi connectivity index (χ0v) is 11.4. The number of carbonyl (C=O) groups is 1. The minimum atomic E-state index is -0.168. The van der Waals surface area contributed by atoms with Crippen molar-refractivity contribution in [3.63, 3.8) is 0 Å².